The van der Waals surface area contributed by atoms with Crippen LogP contribution in [0.25, 0.3) is 0 Å². The third-order valence-electron chi connectivity index (χ3n) is 4.78. The van der Waals surface area contributed by atoms with Crippen LogP contribution in [0.15, 0.2) is 42.5 Å². The van der Waals surface area contributed by atoms with Gasteiger partial charge in [-0.25, -0.2) is 4.39 Å². The number of nitrogens with one attached hydrogen (secondary N) is 1. The molecular formula is C21H23FN2O3. The molecule has 5 nitrogen and oxygen atoms in total. The number of hydrogen-bond acceptors (Lipinski definition) is 3. The Morgan fingerprint density at radius 3 is 2.59 bits per heavy atom. The number of halogens is 1. The quantitative estimate of drug-likeness (QED) is 0.847. The fourth-order valence-corrected chi connectivity index (χ4v) is 3.17. The molecule has 2 aromatic rings. The Balaban J connectivity index is 1.61. The number of nitrogens with zero attached hydrogens (tertiary/aromatic N) is 1. The highest BCUT2D eigenvalue weighted by atomic mass is 19.1. The van der Waals surface area contributed by atoms with Gasteiger partial charge in [0.25, 0.3) is 5.91 Å². The molecule has 2 aromatic carbocycles. The molecule has 1 fully saturated rings. The lowest BCUT2D eigenvalue weighted by Crippen LogP contribution is -2.27. The minimum Gasteiger partial charge on any atom is -0.494 e. The molecule has 27 heavy (non-hydrogen) atoms. The number of rotatable bonds is 6. The molecule has 1 aliphatic heterocycles. The van der Waals surface area contributed by atoms with Crippen molar-refractivity contribution in [2.24, 2.45) is 0 Å². The summed E-state index contributed by atoms with van der Waals surface area (Å²) in [7, 11) is 1.41. The van der Waals surface area contributed by atoms with Crippen LogP contribution in [0.5, 0.6) is 5.75 Å². The Bertz CT molecular complexity index is 836. The van der Waals surface area contributed by atoms with Gasteiger partial charge in [0.05, 0.1) is 13.2 Å². The number of ether oxygens (including phenoxy) is 1. The zero-order valence-corrected chi connectivity index (χ0v) is 15.5. The average Bonchev–Trinajstić information content (AvgIpc) is 3.06. The number of methoxy groups -OCH3 is 1. The van der Waals surface area contributed by atoms with Crippen LogP contribution in [-0.2, 0) is 11.3 Å². The lowest BCUT2D eigenvalue weighted by atomic mass is 10.1. The first-order valence-electron chi connectivity index (χ1n) is 8.99. The van der Waals surface area contributed by atoms with Gasteiger partial charge in [0.1, 0.15) is 0 Å². The predicted molar refractivity (Wildman–Crippen MR) is 99.9 cm³/mol. The average molecular weight is 370 g/mol. The van der Waals surface area contributed by atoms with E-state index in [-0.39, 0.29) is 23.6 Å². The summed E-state index contributed by atoms with van der Waals surface area (Å²) in [5.41, 5.74) is 2.17. The zero-order chi connectivity index (χ0) is 19.4. The van der Waals surface area contributed by atoms with E-state index in [2.05, 4.69) is 5.32 Å². The minimum absolute atomic E-state index is 0.171. The maximum absolute atomic E-state index is 13.8. The molecule has 0 aromatic heterocycles. The number of likely N-dealkylation sites (tertiary alicyclic amines) is 1. The normalized spacial score (nSPS) is 14.9. The molecular weight excluding hydrogens is 347 g/mol. The van der Waals surface area contributed by atoms with E-state index in [1.807, 2.05) is 17.0 Å². The Hall–Kier alpha value is -2.89. The Labute approximate surface area is 158 Å². The topological polar surface area (TPSA) is 58.6 Å². The van der Waals surface area contributed by atoms with Gasteiger partial charge in [-0.1, -0.05) is 18.2 Å². The van der Waals surface area contributed by atoms with Crippen LogP contribution in [0.4, 0.5) is 4.39 Å². The molecule has 0 aliphatic carbocycles. The molecule has 0 unspecified atom stereocenters. The smallest absolute Gasteiger partial charge is 0.251 e. The van der Waals surface area contributed by atoms with E-state index in [4.69, 9.17) is 4.74 Å². The highest BCUT2D eigenvalue weighted by molar-refractivity contribution is 5.94. The monoisotopic (exact) mass is 370 g/mol. The van der Waals surface area contributed by atoms with Gasteiger partial charge < -0.3 is 15.0 Å². The summed E-state index contributed by atoms with van der Waals surface area (Å²) in [6.07, 6.45) is 1.52. The lowest BCUT2D eigenvalue weighted by Gasteiger charge is -2.17. The van der Waals surface area contributed by atoms with Crippen LogP contribution in [-0.4, -0.2) is 30.4 Å². The molecule has 0 radical (unpaired) electrons. The third kappa shape index (κ3) is 4.45. The van der Waals surface area contributed by atoms with Crippen molar-refractivity contribution in [1.29, 1.82) is 0 Å². The molecule has 1 saturated heterocycles. The van der Waals surface area contributed by atoms with Crippen LogP contribution in [0.2, 0.25) is 0 Å². The number of hydrogen-bond donors (Lipinski definition) is 1. The molecule has 1 aliphatic rings. The van der Waals surface area contributed by atoms with Crippen molar-refractivity contribution >= 4 is 11.8 Å². The standard InChI is InChI=1S/C21H23FN2O3/c1-14(17-9-10-19(27-2)18(22)12-17)23-21(26)16-7-5-15(6-8-16)13-24-11-3-4-20(24)25/h5-10,12,14H,3-4,11,13H2,1-2H3,(H,23,26)/t14-/m0/s1. The van der Waals surface area contributed by atoms with Crippen molar-refractivity contribution in [1.82, 2.24) is 10.2 Å². The summed E-state index contributed by atoms with van der Waals surface area (Å²) in [4.78, 5) is 26.0. The van der Waals surface area contributed by atoms with Gasteiger partial charge in [-0.15, -0.1) is 0 Å². The van der Waals surface area contributed by atoms with E-state index in [1.54, 1.807) is 31.2 Å². The fourth-order valence-electron chi connectivity index (χ4n) is 3.17. The van der Waals surface area contributed by atoms with Gasteiger partial charge in [0.2, 0.25) is 5.91 Å². The van der Waals surface area contributed by atoms with E-state index < -0.39 is 5.82 Å². The van der Waals surface area contributed by atoms with Crippen LogP contribution in [0.1, 0.15) is 47.3 Å². The molecule has 0 saturated carbocycles. The summed E-state index contributed by atoms with van der Waals surface area (Å²) < 4.78 is 18.8. The number of carbonyl (C=O) groups excluding carboxylic acids is 2. The molecule has 1 heterocycles. The first-order chi connectivity index (χ1) is 13.0. The van der Waals surface area contributed by atoms with E-state index in [0.29, 0.717) is 24.1 Å². The molecule has 1 atom stereocenters. The number of amides is 2. The van der Waals surface area contributed by atoms with Crippen molar-refractivity contribution in [2.75, 3.05) is 13.7 Å². The van der Waals surface area contributed by atoms with E-state index in [9.17, 15) is 14.0 Å². The summed E-state index contributed by atoms with van der Waals surface area (Å²) in [6.45, 7) is 3.16. The highest BCUT2D eigenvalue weighted by Crippen LogP contribution is 2.22. The predicted octanol–water partition coefficient (Wildman–Crippen LogP) is 3.45. The molecule has 142 valence electrons. The molecule has 6 heteroatoms. The highest BCUT2D eigenvalue weighted by Gasteiger charge is 2.20. The maximum atomic E-state index is 13.8. The second kappa shape index (κ2) is 8.20. The van der Waals surface area contributed by atoms with Crippen molar-refractivity contribution in [3.8, 4) is 5.75 Å². The number of carbonyl (C=O) groups is 2. The third-order valence-corrected chi connectivity index (χ3v) is 4.78. The summed E-state index contributed by atoms with van der Waals surface area (Å²) in [5, 5.41) is 2.87. The Morgan fingerprint density at radius 1 is 1.26 bits per heavy atom. The van der Waals surface area contributed by atoms with Crippen molar-refractivity contribution in [3.05, 3.63) is 65.0 Å². The SMILES string of the molecule is COc1ccc([C@H](C)NC(=O)c2ccc(CN3CCCC3=O)cc2)cc1F. The fraction of sp³-hybridized carbons (Fsp3) is 0.333. The van der Waals surface area contributed by atoms with Gasteiger partial charge in [-0.2, -0.15) is 0 Å². The summed E-state index contributed by atoms with van der Waals surface area (Å²) >= 11 is 0. The van der Waals surface area contributed by atoms with E-state index in [0.717, 1.165) is 18.5 Å². The van der Waals surface area contributed by atoms with Crippen LogP contribution in [0.3, 0.4) is 0 Å². The van der Waals surface area contributed by atoms with Gasteiger partial charge >= 0.3 is 0 Å². The molecule has 2 amide bonds. The second-order valence-corrected chi connectivity index (χ2v) is 6.70. The molecule has 0 bridgehead atoms. The van der Waals surface area contributed by atoms with Gasteiger partial charge in [-0.3, -0.25) is 9.59 Å². The van der Waals surface area contributed by atoms with Crippen molar-refractivity contribution in [2.45, 2.75) is 32.4 Å². The van der Waals surface area contributed by atoms with Crippen LogP contribution >= 0.6 is 0 Å². The summed E-state index contributed by atoms with van der Waals surface area (Å²) in [5.74, 6) is -0.346. The van der Waals surface area contributed by atoms with E-state index >= 15 is 0 Å². The first kappa shape index (κ1) is 18.9. The van der Waals surface area contributed by atoms with Crippen molar-refractivity contribution < 1.29 is 18.7 Å². The molecule has 1 N–H and O–H groups in total. The summed E-state index contributed by atoms with van der Waals surface area (Å²) in [6, 6.07) is 11.5. The lowest BCUT2D eigenvalue weighted by molar-refractivity contribution is -0.128. The van der Waals surface area contributed by atoms with Gasteiger partial charge in [-0.05, 0) is 48.7 Å². The molecule has 0 spiro atoms. The maximum Gasteiger partial charge on any atom is 0.251 e. The van der Waals surface area contributed by atoms with Gasteiger partial charge in [0.15, 0.2) is 11.6 Å². The zero-order valence-electron chi connectivity index (χ0n) is 15.5. The minimum atomic E-state index is -0.461. The van der Waals surface area contributed by atoms with Gasteiger partial charge in [0, 0.05) is 25.1 Å². The first-order valence-corrected chi connectivity index (χ1v) is 8.99. The Morgan fingerprint density at radius 2 is 2.00 bits per heavy atom. The van der Waals surface area contributed by atoms with Crippen LogP contribution in [0, 0.1) is 5.82 Å². The van der Waals surface area contributed by atoms with E-state index in [1.165, 1.54) is 13.2 Å². The van der Waals surface area contributed by atoms with Crippen molar-refractivity contribution in [3.63, 3.8) is 0 Å². The second-order valence-electron chi connectivity index (χ2n) is 6.70. The van der Waals surface area contributed by atoms with Crippen LogP contribution < -0.4 is 10.1 Å². The Kier molecular flexibility index (Phi) is 5.74. The molecule has 3 rings (SSSR count). The largest absolute Gasteiger partial charge is 0.494 e. The number of benzene rings is 2.